The van der Waals surface area contributed by atoms with Gasteiger partial charge in [0.15, 0.2) is 0 Å². The Kier molecular flexibility index (Phi) is 4.06. The lowest BCUT2D eigenvalue weighted by molar-refractivity contribution is -0.121. The van der Waals surface area contributed by atoms with Crippen LogP contribution in [-0.2, 0) is 23.0 Å². The molecule has 1 heterocycles. The molecule has 4 heteroatoms. The van der Waals surface area contributed by atoms with E-state index < -0.39 is 0 Å². The van der Waals surface area contributed by atoms with Gasteiger partial charge >= 0.3 is 0 Å². The van der Waals surface area contributed by atoms with Gasteiger partial charge in [0.25, 0.3) is 0 Å². The third kappa shape index (κ3) is 3.00. The summed E-state index contributed by atoms with van der Waals surface area (Å²) in [7, 11) is 1.93. The maximum absolute atomic E-state index is 12.2. The highest BCUT2D eigenvalue weighted by molar-refractivity contribution is 5.88. The molecule has 1 fully saturated rings. The first-order chi connectivity index (χ1) is 10.2. The van der Waals surface area contributed by atoms with Gasteiger partial charge in [-0.05, 0) is 31.7 Å². The van der Waals surface area contributed by atoms with Crippen LogP contribution in [-0.4, -0.2) is 28.3 Å². The smallest absolute Gasteiger partial charge is 0.139 e. The molecule has 1 saturated carbocycles. The summed E-state index contributed by atoms with van der Waals surface area (Å²) in [4.78, 5) is 12.2. The molecule has 1 aromatic heterocycles. The summed E-state index contributed by atoms with van der Waals surface area (Å²) < 4.78 is 7.40. The quantitative estimate of drug-likeness (QED) is 0.820. The van der Waals surface area contributed by atoms with E-state index in [2.05, 4.69) is 5.10 Å². The van der Waals surface area contributed by atoms with Gasteiger partial charge in [-0.3, -0.25) is 9.48 Å². The van der Waals surface area contributed by atoms with E-state index in [4.69, 9.17) is 4.74 Å². The molecule has 112 valence electrons. The summed E-state index contributed by atoms with van der Waals surface area (Å²) in [5.74, 6) is 0.794. The lowest BCUT2D eigenvalue weighted by Gasteiger charge is -2.34. The number of ether oxygens (including phenoxy) is 1. The molecule has 0 aliphatic heterocycles. The average Bonchev–Trinajstić information content (AvgIpc) is 2.74. The average molecular weight is 286 g/mol. The minimum atomic E-state index is 0.291. The van der Waals surface area contributed by atoms with Crippen LogP contribution in [0.5, 0.6) is 0 Å². The van der Waals surface area contributed by atoms with Crippen LogP contribution in [0.1, 0.15) is 31.9 Å². The first-order valence-electron chi connectivity index (χ1n) is 7.71. The maximum atomic E-state index is 12.2. The number of rotatable bonds is 6. The Morgan fingerprint density at radius 3 is 2.90 bits per heavy atom. The Bertz CT molecular complexity index is 641. The summed E-state index contributed by atoms with van der Waals surface area (Å²) in [5, 5.41) is 5.59. The van der Waals surface area contributed by atoms with E-state index in [9.17, 15) is 4.79 Å². The van der Waals surface area contributed by atoms with Crippen molar-refractivity contribution < 1.29 is 9.53 Å². The molecule has 0 N–H and O–H groups in total. The number of aromatic nitrogens is 2. The van der Waals surface area contributed by atoms with E-state index in [0.29, 0.717) is 30.6 Å². The zero-order chi connectivity index (χ0) is 14.8. The van der Waals surface area contributed by atoms with Gasteiger partial charge in [-0.25, -0.2) is 0 Å². The molecule has 4 nitrogen and oxygen atoms in total. The predicted octanol–water partition coefficient (Wildman–Crippen LogP) is 2.89. The summed E-state index contributed by atoms with van der Waals surface area (Å²) in [6.45, 7) is 2.79. The van der Waals surface area contributed by atoms with Crippen molar-refractivity contribution in [1.29, 1.82) is 0 Å². The molecule has 0 amide bonds. The molecule has 0 spiro atoms. The molecule has 3 rings (SSSR count). The second kappa shape index (κ2) is 5.98. The number of hydrogen-bond donors (Lipinski definition) is 0. The largest absolute Gasteiger partial charge is 0.378 e. The molecular formula is C17H22N2O2. The molecule has 1 aliphatic carbocycles. The highest BCUT2D eigenvalue weighted by Gasteiger charge is 2.31. The minimum Gasteiger partial charge on any atom is -0.378 e. The fraction of sp³-hybridized carbons (Fsp3) is 0.529. The fourth-order valence-corrected chi connectivity index (χ4v) is 3.21. The third-order valence-electron chi connectivity index (χ3n) is 4.31. The number of aryl methyl sites for hydroxylation is 1. The van der Waals surface area contributed by atoms with Gasteiger partial charge in [-0.2, -0.15) is 5.10 Å². The number of benzene rings is 1. The number of para-hydroxylation sites is 1. The number of nitrogens with zero attached hydrogens (tertiary/aromatic N) is 2. The van der Waals surface area contributed by atoms with Crippen molar-refractivity contribution in [3.63, 3.8) is 0 Å². The van der Waals surface area contributed by atoms with Crippen molar-refractivity contribution in [2.24, 2.45) is 13.0 Å². The van der Waals surface area contributed by atoms with Crippen molar-refractivity contribution in [2.45, 2.75) is 38.7 Å². The molecule has 0 saturated heterocycles. The molecule has 0 atom stereocenters. The number of carbonyl (C=O) groups excluding carboxylic acids is 1. The summed E-state index contributed by atoms with van der Waals surface area (Å²) in [5.41, 5.74) is 1.99. The van der Waals surface area contributed by atoms with E-state index in [1.54, 1.807) is 0 Å². The van der Waals surface area contributed by atoms with E-state index in [1.165, 1.54) is 0 Å². The fourth-order valence-electron chi connectivity index (χ4n) is 3.21. The molecule has 2 aromatic rings. The van der Waals surface area contributed by atoms with Gasteiger partial charge in [0.2, 0.25) is 0 Å². The van der Waals surface area contributed by atoms with Crippen molar-refractivity contribution in [3.8, 4) is 0 Å². The summed E-state index contributed by atoms with van der Waals surface area (Å²) >= 11 is 0. The second-order valence-corrected chi connectivity index (χ2v) is 5.92. The Morgan fingerprint density at radius 2 is 2.14 bits per heavy atom. The van der Waals surface area contributed by atoms with E-state index in [1.807, 2.05) is 42.9 Å². The minimum absolute atomic E-state index is 0.291. The van der Waals surface area contributed by atoms with Crippen LogP contribution in [0.3, 0.4) is 0 Å². The first kappa shape index (κ1) is 14.3. The zero-order valence-corrected chi connectivity index (χ0v) is 12.7. The van der Waals surface area contributed by atoms with Gasteiger partial charge in [0.1, 0.15) is 5.78 Å². The number of hydrogen-bond acceptors (Lipinski definition) is 3. The number of Topliss-reactive ketones (excluding diaryl/α,β-unsaturated/α-hetero) is 1. The van der Waals surface area contributed by atoms with Crippen LogP contribution in [0.15, 0.2) is 24.3 Å². The monoisotopic (exact) mass is 286 g/mol. The molecule has 1 aliphatic rings. The van der Waals surface area contributed by atoms with Gasteiger partial charge in [0, 0.05) is 25.5 Å². The molecule has 0 unspecified atom stereocenters. The van der Waals surface area contributed by atoms with E-state index in [0.717, 1.165) is 36.0 Å². The van der Waals surface area contributed by atoms with Crippen molar-refractivity contribution in [1.82, 2.24) is 9.78 Å². The number of fused-ring (bicyclic) bond motifs is 1. The van der Waals surface area contributed by atoms with Gasteiger partial charge in [0.05, 0.1) is 23.7 Å². The third-order valence-corrected chi connectivity index (χ3v) is 4.31. The predicted molar refractivity (Wildman–Crippen MR) is 82.2 cm³/mol. The lowest BCUT2D eigenvalue weighted by atomic mass is 9.78. The van der Waals surface area contributed by atoms with Gasteiger partial charge < -0.3 is 4.74 Å². The lowest BCUT2D eigenvalue weighted by Crippen LogP contribution is -2.33. The van der Waals surface area contributed by atoms with Crippen LogP contribution in [0.25, 0.3) is 10.9 Å². The topological polar surface area (TPSA) is 44.1 Å². The van der Waals surface area contributed by atoms with Crippen molar-refractivity contribution >= 4 is 16.7 Å². The number of ketones is 1. The molecule has 1 aromatic carbocycles. The van der Waals surface area contributed by atoms with Crippen LogP contribution in [0.2, 0.25) is 0 Å². The molecule has 21 heavy (non-hydrogen) atoms. The molecular weight excluding hydrogens is 264 g/mol. The Hall–Kier alpha value is -1.68. The second-order valence-electron chi connectivity index (χ2n) is 5.92. The normalized spacial score (nSPS) is 21.4. The highest BCUT2D eigenvalue weighted by atomic mass is 16.5. The van der Waals surface area contributed by atoms with Crippen LogP contribution < -0.4 is 0 Å². The Morgan fingerprint density at radius 1 is 1.38 bits per heavy atom. The van der Waals surface area contributed by atoms with Crippen molar-refractivity contribution in [3.05, 3.63) is 30.0 Å². The SMILES string of the molecule is CCOC1CC(CC(=O)Cc2nn(C)c3ccccc23)C1. The first-order valence-corrected chi connectivity index (χ1v) is 7.71. The summed E-state index contributed by atoms with van der Waals surface area (Å²) in [6, 6.07) is 8.07. The standard InChI is InChI=1S/C17H22N2O2/c1-3-21-14-9-12(10-14)8-13(20)11-16-15-6-4-5-7-17(15)19(2)18-16/h4-7,12,14H,3,8-11H2,1-2H3. The maximum Gasteiger partial charge on any atom is 0.139 e. The Balaban J connectivity index is 1.60. The highest BCUT2D eigenvalue weighted by Crippen LogP contribution is 2.33. The molecule has 0 bridgehead atoms. The Labute approximate surface area is 125 Å². The van der Waals surface area contributed by atoms with Crippen LogP contribution in [0.4, 0.5) is 0 Å². The van der Waals surface area contributed by atoms with E-state index in [-0.39, 0.29) is 0 Å². The number of carbonyl (C=O) groups is 1. The summed E-state index contributed by atoms with van der Waals surface area (Å²) in [6.07, 6.45) is 3.54. The zero-order valence-electron chi connectivity index (χ0n) is 12.7. The van der Waals surface area contributed by atoms with Gasteiger partial charge in [-0.15, -0.1) is 0 Å². The van der Waals surface area contributed by atoms with E-state index >= 15 is 0 Å². The van der Waals surface area contributed by atoms with Crippen molar-refractivity contribution in [2.75, 3.05) is 6.61 Å². The van der Waals surface area contributed by atoms with Crippen LogP contribution >= 0.6 is 0 Å². The van der Waals surface area contributed by atoms with Gasteiger partial charge in [-0.1, -0.05) is 18.2 Å². The molecule has 0 radical (unpaired) electrons. The van der Waals surface area contributed by atoms with Crippen LogP contribution in [0, 0.1) is 5.92 Å².